The van der Waals surface area contributed by atoms with Crippen LogP contribution in [0, 0.1) is 17.3 Å². The summed E-state index contributed by atoms with van der Waals surface area (Å²) in [6.07, 6.45) is 4.17. The number of hydrogen-bond acceptors (Lipinski definition) is 5. The van der Waals surface area contributed by atoms with Crippen molar-refractivity contribution >= 4 is 20.1 Å². The third-order valence-electron chi connectivity index (χ3n) is 9.24. The number of benzene rings is 1. The number of aliphatic hydroxyl groups excluding tert-OH is 1. The number of rotatable bonds is 4. The van der Waals surface area contributed by atoms with Gasteiger partial charge in [-0.1, -0.05) is 33.8 Å². The number of carbonyl (C=O) groups is 2. The van der Waals surface area contributed by atoms with Crippen molar-refractivity contribution in [2.45, 2.75) is 90.8 Å². The Morgan fingerprint density at radius 3 is 2.59 bits per heavy atom. The van der Waals surface area contributed by atoms with E-state index in [4.69, 9.17) is 9.16 Å². The Labute approximate surface area is 205 Å². The molecule has 6 heteroatoms. The van der Waals surface area contributed by atoms with Gasteiger partial charge >= 0.3 is 5.97 Å². The van der Waals surface area contributed by atoms with Gasteiger partial charge in [-0.3, -0.25) is 4.79 Å². The SMILES string of the molecule is CCOC(=O)/C(O)=C1\C[C@H]2[C@@H]3CCc4cc(O[Si](C)(C)C(C)(C)C)ccc4[C@H]3CC[C@]2(C)C1=O. The fourth-order valence-corrected chi connectivity index (χ4v) is 7.26. The summed E-state index contributed by atoms with van der Waals surface area (Å²) in [5.74, 6) is 0.558. The van der Waals surface area contributed by atoms with Gasteiger partial charge in [0, 0.05) is 11.0 Å². The van der Waals surface area contributed by atoms with Crippen LogP contribution in [0.15, 0.2) is 29.5 Å². The van der Waals surface area contributed by atoms with Crippen LogP contribution in [-0.2, 0) is 20.7 Å². The predicted molar refractivity (Wildman–Crippen MR) is 136 cm³/mol. The first-order chi connectivity index (χ1) is 15.8. The molecular formula is C28H40O5Si. The minimum atomic E-state index is -1.90. The van der Waals surface area contributed by atoms with E-state index in [1.165, 1.54) is 11.1 Å². The van der Waals surface area contributed by atoms with E-state index in [0.717, 1.165) is 31.4 Å². The molecule has 0 aliphatic heterocycles. The largest absolute Gasteiger partial charge is 0.543 e. The van der Waals surface area contributed by atoms with Crippen molar-refractivity contribution in [2.24, 2.45) is 17.3 Å². The highest BCUT2D eigenvalue weighted by Gasteiger charge is 2.57. The summed E-state index contributed by atoms with van der Waals surface area (Å²) in [4.78, 5) is 25.5. The maximum Gasteiger partial charge on any atom is 0.373 e. The molecule has 2 saturated carbocycles. The van der Waals surface area contributed by atoms with Crippen LogP contribution in [0.2, 0.25) is 18.1 Å². The number of aliphatic hydroxyl groups is 1. The third-order valence-corrected chi connectivity index (χ3v) is 13.6. The van der Waals surface area contributed by atoms with Gasteiger partial charge in [0.05, 0.1) is 6.61 Å². The number of allylic oxidation sites excluding steroid dienone is 1. The Morgan fingerprint density at radius 2 is 1.94 bits per heavy atom. The zero-order valence-electron chi connectivity index (χ0n) is 21.8. The number of aryl methyl sites for hydroxylation is 1. The van der Waals surface area contributed by atoms with Gasteiger partial charge in [0.2, 0.25) is 14.1 Å². The van der Waals surface area contributed by atoms with Gasteiger partial charge in [-0.2, -0.15) is 0 Å². The summed E-state index contributed by atoms with van der Waals surface area (Å²) < 4.78 is 11.5. The molecule has 0 saturated heterocycles. The molecule has 0 aromatic heterocycles. The van der Waals surface area contributed by atoms with Crippen LogP contribution in [0.25, 0.3) is 0 Å². The number of ether oxygens (including phenoxy) is 1. The average Bonchev–Trinajstić information content (AvgIpc) is 3.03. The highest BCUT2D eigenvalue weighted by atomic mass is 28.4. The first-order valence-electron chi connectivity index (χ1n) is 12.8. The van der Waals surface area contributed by atoms with Gasteiger partial charge in [0.15, 0.2) is 5.78 Å². The maximum atomic E-state index is 13.4. The summed E-state index contributed by atoms with van der Waals surface area (Å²) in [6.45, 7) is 15.2. The van der Waals surface area contributed by atoms with Crippen LogP contribution in [0.5, 0.6) is 5.75 Å². The second-order valence-corrected chi connectivity index (χ2v) is 16.9. The van der Waals surface area contributed by atoms with Crippen LogP contribution < -0.4 is 4.43 Å². The quantitative estimate of drug-likeness (QED) is 0.229. The fourth-order valence-electron chi connectivity index (χ4n) is 6.23. The first kappa shape index (κ1) is 25.0. The second-order valence-electron chi connectivity index (χ2n) is 12.2. The van der Waals surface area contributed by atoms with Crippen molar-refractivity contribution in [2.75, 3.05) is 6.61 Å². The Kier molecular flexibility index (Phi) is 6.29. The predicted octanol–water partition coefficient (Wildman–Crippen LogP) is 6.48. The van der Waals surface area contributed by atoms with Crippen molar-refractivity contribution in [1.82, 2.24) is 0 Å². The molecule has 34 heavy (non-hydrogen) atoms. The van der Waals surface area contributed by atoms with E-state index in [-0.39, 0.29) is 28.9 Å². The van der Waals surface area contributed by atoms with E-state index in [0.29, 0.717) is 18.3 Å². The molecule has 3 aliphatic rings. The molecule has 0 heterocycles. The summed E-state index contributed by atoms with van der Waals surface area (Å²) in [7, 11) is -1.90. The Morgan fingerprint density at radius 1 is 1.24 bits per heavy atom. The number of Topliss-reactive ketones (excluding diaryl/α,β-unsaturated/α-hetero) is 1. The average molecular weight is 485 g/mol. The summed E-state index contributed by atoms with van der Waals surface area (Å²) in [5, 5.41) is 10.6. The lowest BCUT2D eigenvalue weighted by Crippen LogP contribution is -2.44. The number of fused-ring (bicyclic) bond motifs is 5. The molecule has 1 aromatic carbocycles. The molecule has 0 unspecified atom stereocenters. The van der Waals surface area contributed by atoms with Crippen LogP contribution >= 0.6 is 0 Å². The van der Waals surface area contributed by atoms with Crippen molar-refractivity contribution in [3.8, 4) is 5.75 Å². The Bertz CT molecular complexity index is 1030. The van der Waals surface area contributed by atoms with E-state index in [9.17, 15) is 14.7 Å². The normalized spacial score (nSPS) is 30.2. The second kappa shape index (κ2) is 8.54. The van der Waals surface area contributed by atoms with Crippen LogP contribution in [-0.4, -0.2) is 31.8 Å². The molecule has 3 aliphatic carbocycles. The molecule has 4 rings (SSSR count). The van der Waals surface area contributed by atoms with Crippen molar-refractivity contribution in [1.29, 1.82) is 0 Å². The minimum absolute atomic E-state index is 0.0644. The molecule has 2 fully saturated rings. The van der Waals surface area contributed by atoms with Gasteiger partial charge in [-0.05, 0) is 98.2 Å². The van der Waals surface area contributed by atoms with Gasteiger partial charge in [0.25, 0.3) is 0 Å². The lowest BCUT2D eigenvalue weighted by atomic mass is 9.55. The molecule has 0 radical (unpaired) electrons. The highest BCUT2D eigenvalue weighted by Crippen LogP contribution is 2.61. The number of carbonyl (C=O) groups excluding carboxylic acids is 2. The van der Waals surface area contributed by atoms with E-state index >= 15 is 0 Å². The zero-order valence-corrected chi connectivity index (χ0v) is 22.8. The topological polar surface area (TPSA) is 72.8 Å². The summed E-state index contributed by atoms with van der Waals surface area (Å²) in [5.41, 5.74) is 2.52. The van der Waals surface area contributed by atoms with Gasteiger partial charge < -0.3 is 14.3 Å². The fraction of sp³-hybridized carbons (Fsp3) is 0.643. The number of esters is 1. The van der Waals surface area contributed by atoms with Crippen molar-refractivity contribution in [3.63, 3.8) is 0 Å². The number of hydrogen-bond donors (Lipinski definition) is 1. The molecule has 0 bridgehead atoms. The highest BCUT2D eigenvalue weighted by molar-refractivity contribution is 6.74. The van der Waals surface area contributed by atoms with Gasteiger partial charge in [-0.25, -0.2) is 4.79 Å². The third kappa shape index (κ3) is 4.02. The molecule has 1 aromatic rings. The summed E-state index contributed by atoms with van der Waals surface area (Å²) >= 11 is 0. The molecule has 0 amide bonds. The van der Waals surface area contributed by atoms with E-state index < -0.39 is 25.5 Å². The molecule has 0 spiro atoms. The number of ketones is 1. The lowest BCUT2D eigenvalue weighted by molar-refractivity contribution is -0.142. The molecule has 4 atom stereocenters. The molecule has 1 N–H and O–H groups in total. The van der Waals surface area contributed by atoms with E-state index in [2.05, 4.69) is 52.1 Å². The van der Waals surface area contributed by atoms with E-state index in [1.807, 2.05) is 6.92 Å². The molecular weight excluding hydrogens is 444 g/mol. The minimum Gasteiger partial charge on any atom is -0.543 e. The standard InChI is InChI=1S/C28H40O5Si/c1-8-32-26(31)24(29)22-16-23-21-11-9-17-15-18(33-34(6,7)27(2,3)4)10-12-19(17)20(21)13-14-28(23,5)25(22)30/h10,12,15,20-21,23,29H,8-9,11,13-14,16H2,1-7H3/b24-22-/t20-,21-,23+,28+/m1/s1. The van der Waals surface area contributed by atoms with Crippen LogP contribution in [0.1, 0.15) is 77.3 Å². The smallest absolute Gasteiger partial charge is 0.373 e. The summed E-state index contributed by atoms with van der Waals surface area (Å²) in [6, 6.07) is 6.63. The van der Waals surface area contributed by atoms with Crippen LogP contribution in [0.3, 0.4) is 0 Å². The monoisotopic (exact) mass is 484 g/mol. The van der Waals surface area contributed by atoms with Gasteiger partial charge in [0.1, 0.15) is 5.75 Å². The Balaban J connectivity index is 1.60. The first-order valence-corrected chi connectivity index (χ1v) is 15.7. The zero-order chi connectivity index (χ0) is 25.1. The van der Waals surface area contributed by atoms with Crippen molar-refractivity contribution < 1.29 is 23.9 Å². The van der Waals surface area contributed by atoms with Crippen molar-refractivity contribution in [3.05, 3.63) is 40.7 Å². The molecule has 5 nitrogen and oxygen atoms in total. The lowest BCUT2D eigenvalue weighted by Gasteiger charge is -2.48. The molecule has 186 valence electrons. The van der Waals surface area contributed by atoms with Crippen LogP contribution in [0.4, 0.5) is 0 Å². The maximum absolute atomic E-state index is 13.4. The Hall–Kier alpha value is -2.08. The van der Waals surface area contributed by atoms with E-state index in [1.54, 1.807) is 6.92 Å². The van der Waals surface area contributed by atoms with Gasteiger partial charge in [-0.15, -0.1) is 0 Å².